The van der Waals surface area contributed by atoms with Crippen molar-refractivity contribution in [1.29, 1.82) is 0 Å². The summed E-state index contributed by atoms with van der Waals surface area (Å²) < 4.78 is 6.86. The fraction of sp³-hybridized carbons (Fsp3) is 0.391. The molecule has 156 valence electrons. The van der Waals surface area contributed by atoms with Crippen LogP contribution in [0.25, 0.3) is 0 Å². The first kappa shape index (κ1) is 22.9. The van der Waals surface area contributed by atoms with Crippen LogP contribution in [-0.2, 0) is 21.5 Å². The molecule has 0 bridgehead atoms. The van der Waals surface area contributed by atoms with E-state index in [4.69, 9.17) is 4.74 Å². The highest BCUT2D eigenvalue weighted by Crippen LogP contribution is 2.31. The molecule has 0 spiro atoms. The van der Waals surface area contributed by atoms with Crippen LogP contribution in [0.3, 0.4) is 0 Å². The van der Waals surface area contributed by atoms with Crippen molar-refractivity contribution in [1.82, 2.24) is 10.2 Å². The number of rotatable bonds is 7. The molecule has 0 aromatic heterocycles. The molecule has 1 unspecified atom stereocenters. The number of halogens is 1. The molecule has 0 saturated heterocycles. The van der Waals surface area contributed by atoms with Gasteiger partial charge in [-0.2, -0.15) is 0 Å². The average Bonchev–Trinajstić information content (AvgIpc) is 2.70. The number of hydrogen-bond acceptors (Lipinski definition) is 3. The van der Waals surface area contributed by atoms with Gasteiger partial charge in [0.2, 0.25) is 5.91 Å². The Morgan fingerprint density at radius 1 is 1.10 bits per heavy atom. The van der Waals surface area contributed by atoms with Crippen LogP contribution in [0.2, 0.25) is 0 Å². The van der Waals surface area contributed by atoms with Crippen molar-refractivity contribution in [2.24, 2.45) is 0 Å². The predicted molar refractivity (Wildman–Crippen MR) is 119 cm³/mol. The van der Waals surface area contributed by atoms with Gasteiger partial charge in [0, 0.05) is 18.1 Å². The van der Waals surface area contributed by atoms with Gasteiger partial charge in [-0.3, -0.25) is 9.59 Å². The number of para-hydroxylation sites is 1. The normalized spacial score (nSPS) is 12.2. The molecule has 0 aliphatic carbocycles. The molecule has 1 atom stereocenters. The molecule has 29 heavy (non-hydrogen) atoms. The minimum atomic E-state index is -0.613. The van der Waals surface area contributed by atoms with E-state index in [2.05, 4.69) is 42.0 Å². The number of ether oxygens (including phenoxy) is 1. The Kier molecular flexibility index (Phi) is 7.85. The third-order valence-corrected chi connectivity index (χ3v) is 5.25. The Labute approximate surface area is 181 Å². The molecule has 0 radical (unpaired) electrons. The van der Waals surface area contributed by atoms with Crippen LogP contribution in [-0.4, -0.2) is 36.4 Å². The zero-order valence-corrected chi connectivity index (χ0v) is 19.2. The maximum atomic E-state index is 13.0. The summed E-state index contributed by atoms with van der Waals surface area (Å²) in [6, 6.07) is 14.8. The van der Waals surface area contributed by atoms with E-state index in [9.17, 15) is 9.59 Å². The van der Waals surface area contributed by atoms with Crippen LogP contribution in [0.1, 0.15) is 38.8 Å². The summed E-state index contributed by atoms with van der Waals surface area (Å²) in [7, 11) is 1.57. The Hall–Kier alpha value is -2.34. The minimum Gasteiger partial charge on any atom is -0.483 e. The molecule has 6 heteroatoms. The van der Waals surface area contributed by atoms with Gasteiger partial charge in [-0.15, -0.1) is 0 Å². The molecule has 0 saturated carbocycles. The summed E-state index contributed by atoms with van der Waals surface area (Å²) >= 11 is 3.41. The van der Waals surface area contributed by atoms with Crippen molar-refractivity contribution in [3.63, 3.8) is 0 Å². The molecule has 0 aliphatic rings. The van der Waals surface area contributed by atoms with Gasteiger partial charge in [-0.05, 0) is 41.7 Å². The van der Waals surface area contributed by atoms with Gasteiger partial charge in [0.05, 0.1) is 0 Å². The van der Waals surface area contributed by atoms with Gasteiger partial charge in [-0.1, -0.05) is 67.0 Å². The van der Waals surface area contributed by atoms with Gasteiger partial charge in [0.1, 0.15) is 11.8 Å². The second-order valence-corrected chi connectivity index (χ2v) is 8.89. The third kappa shape index (κ3) is 6.32. The number of benzene rings is 2. The lowest BCUT2D eigenvalue weighted by molar-refractivity contribution is -0.142. The molecule has 2 rings (SSSR count). The van der Waals surface area contributed by atoms with Crippen molar-refractivity contribution in [3.8, 4) is 5.75 Å². The van der Waals surface area contributed by atoms with Gasteiger partial charge < -0.3 is 15.0 Å². The van der Waals surface area contributed by atoms with Crippen LogP contribution in [0, 0.1) is 0 Å². The molecule has 1 N–H and O–H groups in total. The van der Waals surface area contributed by atoms with Crippen LogP contribution >= 0.6 is 15.9 Å². The number of amides is 2. The van der Waals surface area contributed by atoms with E-state index in [-0.39, 0.29) is 23.8 Å². The van der Waals surface area contributed by atoms with E-state index in [1.54, 1.807) is 18.9 Å². The van der Waals surface area contributed by atoms with E-state index in [1.807, 2.05) is 48.5 Å². The highest BCUT2D eigenvalue weighted by atomic mass is 79.9. The first-order chi connectivity index (χ1) is 13.6. The topological polar surface area (TPSA) is 58.6 Å². The molecular formula is C23H29BrN2O3. The summed E-state index contributed by atoms with van der Waals surface area (Å²) in [5, 5.41) is 2.62. The van der Waals surface area contributed by atoms with Gasteiger partial charge >= 0.3 is 0 Å². The summed E-state index contributed by atoms with van der Waals surface area (Å²) in [6.45, 7) is 8.22. The predicted octanol–water partition coefficient (Wildman–Crippen LogP) is 4.29. The van der Waals surface area contributed by atoms with Gasteiger partial charge in [0.15, 0.2) is 6.61 Å². The van der Waals surface area contributed by atoms with Crippen LogP contribution in [0.5, 0.6) is 5.75 Å². The maximum Gasteiger partial charge on any atom is 0.261 e. The third-order valence-electron chi connectivity index (χ3n) is 4.73. The van der Waals surface area contributed by atoms with Crippen molar-refractivity contribution in [2.75, 3.05) is 13.7 Å². The molecule has 0 fully saturated rings. The minimum absolute atomic E-state index is 0.105. The number of likely N-dealkylation sites (N-methyl/N-ethyl adjacent to an activating group) is 1. The summed E-state index contributed by atoms with van der Waals surface area (Å²) in [4.78, 5) is 26.8. The fourth-order valence-corrected chi connectivity index (χ4v) is 3.28. The molecule has 0 heterocycles. The zero-order valence-electron chi connectivity index (χ0n) is 17.7. The Morgan fingerprint density at radius 3 is 2.31 bits per heavy atom. The summed E-state index contributed by atoms with van der Waals surface area (Å²) in [5.74, 6) is 0.225. The summed E-state index contributed by atoms with van der Waals surface area (Å²) in [6.07, 6.45) is 0. The molecule has 2 aromatic carbocycles. The highest BCUT2D eigenvalue weighted by Gasteiger charge is 2.26. The second kappa shape index (κ2) is 9.92. The number of carbonyl (C=O) groups is 2. The van der Waals surface area contributed by atoms with E-state index < -0.39 is 6.04 Å². The SMILES string of the molecule is CNC(=O)C(C)N(Cc1ccc(Br)cc1)C(=O)COc1ccccc1C(C)(C)C. The van der Waals surface area contributed by atoms with Crippen molar-refractivity contribution >= 4 is 27.7 Å². The Bertz CT molecular complexity index is 844. The number of hydrogen-bond donors (Lipinski definition) is 1. The van der Waals surface area contributed by atoms with Gasteiger partial charge in [0.25, 0.3) is 5.91 Å². The Morgan fingerprint density at radius 2 is 1.72 bits per heavy atom. The van der Waals surface area contributed by atoms with Gasteiger partial charge in [-0.25, -0.2) is 0 Å². The van der Waals surface area contributed by atoms with E-state index in [1.165, 1.54) is 0 Å². The van der Waals surface area contributed by atoms with Crippen LogP contribution in [0.15, 0.2) is 53.0 Å². The van der Waals surface area contributed by atoms with Crippen molar-refractivity contribution < 1.29 is 14.3 Å². The number of nitrogens with zero attached hydrogens (tertiary/aromatic N) is 1. The molecule has 2 aromatic rings. The first-order valence-electron chi connectivity index (χ1n) is 9.61. The smallest absolute Gasteiger partial charge is 0.261 e. The van der Waals surface area contributed by atoms with Crippen LogP contribution in [0.4, 0.5) is 0 Å². The lowest BCUT2D eigenvalue weighted by Crippen LogP contribution is -2.48. The van der Waals surface area contributed by atoms with E-state index >= 15 is 0 Å². The van der Waals surface area contributed by atoms with E-state index in [0.717, 1.165) is 15.6 Å². The summed E-state index contributed by atoms with van der Waals surface area (Å²) in [5.41, 5.74) is 1.87. The van der Waals surface area contributed by atoms with Crippen LogP contribution < -0.4 is 10.1 Å². The molecule has 2 amide bonds. The van der Waals surface area contributed by atoms with E-state index in [0.29, 0.717) is 12.3 Å². The Balaban J connectivity index is 2.19. The second-order valence-electron chi connectivity index (χ2n) is 7.97. The quantitative estimate of drug-likeness (QED) is 0.670. The monoisotopic (exact) mass is 460 g/mol. The van der Waals surface area contributed by atoms with Crippen molar-refractivity contribution in [3.05, 3.63) is 64.1 Å². The molecule has 5 nitrogen and oxygen atoms in total. The molecule has 0 aliphatic heterocycles. The lowest BCUT2D eigenvalue weighted by Gasteiger charge is -2.29. The average molecular weight is 461 g/mol. The fourth-order valence-electron chi connectivity index (χ4n) is 3.01. The lowest BCUT2D eigenvalue weighted by atomic mass is 9.86. The molecular weight excluding hydrogens is 432 g/mol. The first-order valence-corrected chi connectivity index (χ1v) is 10.4. The zero-order chi connectivity index (χ0) is 21.6. The van der Waals surface area contributed by atoms with Crippen molar-refractivity contribution in [2.45, 2.75) is 45.7 Å². The maximum absolute atomic E-state index is 13.0. The number of nitrogens with one attached hydrogen (secondary N) is 1. The number of carbonyl (C=O) groups excluding carboxylic acids is 2. The highest BCUT2D eigenvalue weighted by molar-refractivity contribution is 9.10. The largest absolute Gasteiger partial charge is 0.483 e. The standard InChI is InChI=1S/C23H29BrN2O3/c1-16(22(28)25-5)26(14-17-10-12-18(24)13-11-17)21(27)15-29-20-9-7-6-8-19(20)23(2,3)4/h6-13,16H,14-15H2,1-5H3,(H,25,28).